The van der Waals surface area contributed by atoms with Crippen LogP contribution in [0.3, 0.4) is 0 Å². The number of aromatic hydroxyl groups is 1. The van der Waals surface area contributed by atoms with Crippen LogP contribution in [0.25, 0.3) is 11.6 Å². The number of phenols is 1. The molecule has 1 unspecified atom stereocenters. The Balaban J connectivity index is 1.83. The predicted octanol–water partition coefficient (Wildman–Crippen LogP) is 5.09. The molecule has 1 aliphatic heterocycles. The van der Waals surface area contributed by atoms with E-state index in [1.54, 1.807) is 12.1 Å². The van der Waals surface area contributed by atoms with Crippen LogP contribution in [0.15, 0.2) is 78.4 Å². The van der Waals surface area contributed by atoms with Crippen molar-refractivity contribution in [3.63, 3.8) is 0 Å². The second-order valence-corrected chi connectivity index (χ2v) is 6.92. The highest BCUT2D eigenvalue weighted by Crippen LogP contribution is 2.30. The molecule has 0 aromatic heterocycles. The molecule has 2 aromatic carbocycles. The van der Waals surface area contributed by atoms with Gasteiger partial charge in [-0.2, -0.15) is 0 Å². The van der Waals surface area contributed by atoms with E-state index in [1.165, 1.54) is 5.57 Å². The van der Waals surface area contributed by atoms with E-state index in [0.29, 0.717) is 6.32 Å². The summed E-state index contributed by atoms with van der Waals surface area (Å²) in [6.45, 7) is 6.02. The lowest BCUT2D eigenvalue weighted by Crippen LogP contribution is -2.31. The van der Waals surface area contributed by atoms with Crippen LogP contribution < -0.4 is 0 Å². The molecule has 1 heterocycles. The number of allylic oxidation sites excluding steroid dienone is 2. The van der Waals surface area contributed by atoms with E-state index in [4.69, 9.17) is 4.65 Å². The smallest absolute Gasteiger partial charge is 0.458 e. The van der Waals surface area contributed by atoms with Crippen molar-refractivity contribution >= 4 is 18.8 Å². The van der Waals surface area contributed by atoms with E-state index in [0.717, 1.165) is 35.1 Å². The summed E-state index contributed by atoms with van der Waals surface area (Å²) in [6, 6.07) is 17.4. The lowest BCUT2D eigenvalue weighted by molar-refractivity contribution is 0.184. The number of rotatable bonds is 6. The van der Waals surface area contributed by atoms with Gasteiger partial charge < -0.3 is 14.8 Å². The van der Waals surface area contributed by atoms with Gasteiger partial charge in [0.25, 0.3) is 0 Å². The molecule has 0 saturated heterocycles. The summed E-state index contributed by atoms with van der Waals surface area (Å²) in [5, 5.41) is 19.4. The fraction of sp³-hybridized carbons (Fsp3) is 0.217. The van der Waals surface area contributed by atoms with Crippen molar-refractivity contribution in [3.8, 4) is 5.75 Å². The molecular formula is C23H25BO3. The Bertz CT molecular complexity index is 838. The van der Waals surface area contributed by atoms with Crippen molar-refractivity contribution in [1.82, 2.24) is 0 Å². The maximum atomic E-state index is 9.89. The summed E-state index contributed by atoms with van der Waals surface area (Å²) in [5.74, 6) is 0.259. The van der Waals surface area contributed by atoms with Gasteiger partial charge in [-0.25, -0.2) is 0 Å². The zero-order valence-electron chi connectivity index (χ0n) is 15.6. The minimum Gasteiger partial charge on any atom is -0.508 e. The van der Waals surface area contributed by atoms with Crippen LogP contribution >= 0.6 is 0 Å². The van der Waals surface area contributed by atoms with Crippen LogP contribution in [-0.4, -0.2) is 23.4 Å². The van der Waals surface area contributed by atoms with Crippen LogP contribution in [0, 0.1) is 0 Å². The first kappa shape index (κ1) is 19.2. The lowest BCUT2D eigenvalue weighted by Gasteiger charge is -2.27. The highest BCUT2D eigenvalue weighted by molar-refractivity contribution is 6.43. The van der Waals surface area contributed by atoms with Crippen molar-refractivity contribution in [2.75, 3.05) is 0 Å². The van der Waals surface area contributed by atoms with Gasteiger partial charge in [0.1, 0.15) is 5.75 Å². The largest absolute Gasteiger partial charge is 0.508 e. The molecule has 0 radical (unpaired) electrons. The molecule has 1 aliphatic rings. The molecule has 0 bridgehead atoms. The van der Waals surface area contributed by atoms with Gasteiger partial charge in [0.05, 0.1) is 6.10 Å². The second kappa shape index (κ2) is 8.89. The Kier molecular flexibility index (Phi) is 6.33. The van der Waals surface area contributed by atoms with Crippen LogP contribution in [0.2, 0.25) is 6.32 Å². The first-order valence-corrected chi connectivity index (χ1v) is 9.27. The highest BCUT2D eigenvalue weighted by Gasteiger charge is 2.27. The first-order valence-electron chi connectivity index (χ1n) is 9.27. The van der Waals surface area contributed by atoms with Gasteiger partial charge in [-0.05, 0) is 54.2 Å². The van der Waals surface area contributed by atoms with Crippen molar-refractivity contribution < 1.29 is 14.8 Å². The van der Waals surface area contributed by atoms with Crippen molar-refractivity contribution in [2.24, 2.45) is 0 Å². The molecule has 4 heteroatoms. The molecule has 1 atom stereocenters. The molecular weight excluding hydrogens is 335 g/mol. The minimum atomic E-state index is -0.751. The summed E-state index contributed by atoms with van der Waals surface area (Å²) in [4.78, 5) is 0. The maximum Gasteiger partial charge on any atom is 0.458 e. The highest BCUT2D eigenvalue weighted by atomic mass is 16.5. The molecule has 0 saturated carbocycles. The van der Waals surface area contributed by atoms with Gasteiger partial charge in [0, 0.05) is 6.32 Å². The summed E-state index contributed by atoms with van der Waals surface area (Å²) in [7, 11) is -0.751. The Hall–Kier alpha value is -2.56. The van der Waals surface area contributed by atoms with E-state index in [-0.39, 0.29) is 11.9 Å². The zero-order chi connectivity index (χ0) is 19.2. The average Bonchev–Trinajstić information content (AvgIpc) is 2.67. The summed E-state index contributed by atoms with van der Waals surface area (Å²) >= 11 is 0. The zero-order valence-corrected chi connectivity index (χ0v) is 15.6. The maximum absolute atomic E-state index is 9.89. The van der Waals surface area contributed by atoms with E-state index in [9.17, 15) is 10.1 Å². The molecule has 0 spiro atoms. The summed E-state index contributed by atoms with van der Waals surface area (Å²) in [5.41, 5.74) is 5.44. The van der Waals surface area contributed by atoms with Gasteiger partial charge in [-0.3, -0.25) is 0 Å². The molecule has 0 fully saturated rings. The summed E-state index contributed by atoms with van der Waals surface area (Å²) in [6.07, 6.45) is 6.08. The Morgan fingerprint density at radius 2 is 1.89 bits per heavy atom. The van der Waals surface area contributed by atoms with Crippen LogP contribution in [0.1, 0.15) is 30.9 Å². The standard InChI is InChI=1S/C23H25BO3/c1-17(2)22-14-15-24(26)27-23(22)13-10-20(19-6-4-3-5-7-19)16-18-8-11-21(25)12-9-18/h3-9,11-12,14,16,23,25-26H,1,10,13,15H2,2H3/b20-16-. The van der Waals surface area contributed by atoms with Crippen LogP contribution in [0.5, 0.6) is 5.75 Å². The van der Waals surface area contributed by atoms with E-state index >= 15 is 0 Å². The molecule has 2 aromatic rings. The predicted molar refractivity (Wildman–Crippen MR) is 112 cm³/mol. The third kappa shape index (κ3) is 5.22. The third-order valence-corrected chi connectivity index (χ3v) is 4.75. The molecule has 0 amide bonds. The van der Waals surface area contributed by atoms with Gasteiger partial charge in [-0.15, -0.1) is 0 Å². The second-order valence-electron chi connectivity index (χ2n) is 6.92. The van der Waals surface area contributed by atoms with Crippen molar-refractivity contribution in [1.29, 1.82) is 0 Å². The average molecular weight is 360 g/mol. The fourth-order valence-electron chi connectivity index (χ4n) is 3.36. The lowest BCUT2D eigenvalue weighted by atomic mass is 9.78. The van der Waals surface area contributed by atoms with Crippen molar-refractivity contribution in [2.45, 2.75) is 32.2 Å². The number of hydrogen-bond donors (Lipinski definition) is 2. The fourth-order valence-corrected chi connectivity index (χ4v) is 3.36. The van der Waals surface area contributed by atoms with Gasteiger partial charge >= 0.3 is 7.12 Å². The molecule has 3 rings (SSSR count). The Morgan fingerprint density at radius 1 is 1.19 bits per heavy atom. The van der Waals surface area contributed by atoms with E-state index in [1.807, 2.05) is 43.3 Å². The van der Waals surface area contributed by atoms with Crippen LogP contribution in [0.4, 0.5) is 0 Å². The molecule has 27 heavy (non-hydrogen) atoms. The van der Waals surface area contributed by atoms with Crippen LogP contribution in [-0.2, 0) is 4.65 Å². The topological polar surface area (TPSA) is 49.7 Å². The quantitative estimate of drug-likeness (QED) is 0.557. The third-order valence-electron chi connectivity index (χ3n) is 4.75. The van der Waals surface area contributed by atoms with Gasteiger partial charge in [0.2, 0.25) is 0 Å². The van der Waals surface area contributed by atoms with E-state index in [2.05, 4.69) is 24.8 Å². The molecule has 3 nitrogen and oxygen atoms in total. The van der Waals surface area contributed by atoms with E-state index < -0.39 is 7.12 Å². The summed E-state index contributed by atoms with van der Waals surface area (Å²) < 4.78 is 5.78. The molecule has 138 valence electrons. The Labute approximate surface area is 161 Å². The van der Waals surface area contributed by atoms with Gasteiger partial charge in [0.15, 0.2) is 0 Å². The number of phenolic OH excluding ortho intramolecular Hbond substituents is 1. The normalized spacial score (nSPS) is 17.6. The molecule has 2 N–H and O–H groups in total. The van der Waals surface area contributed by atoms with Gasteiger partial charge in [-0.1, -0.05) is 66.8 Å². The van der Waals surface area contributed by atoms with Crippen molar-refractivity contribution in [3.05, 3.63) is 89.5 Å². The molecule has 0 aliphatic carbocycles. The first-order chi connectivity index (χ1) is 13.0. The Morgan fingerprint density at radius 3 is 2.56 bits per heavy atom. The number of hydrogen-bond acceptors (Lipinski definition) is 3. The number of benzene rings is 2. The SMILES string of the molecule is C=C(C)C1=CCB(O)OC1CC/C(=C/c1ccc(O)cc1)c1ccccc1. The monoisotopic (exact) mass is 360 g/mol. The minimum absolute atomic E-state index is 0.154.